The van der Waals surface area contributed by atoms with E-state index in [-0.39, 0.29) is 12.3 Å². The van der Waals surface area contributed by atoms with E-state index in [2.05, 4.69) is 30.4 Å². The number of hydrogen-bond acceptors (Lipinski definition) is 4. The molecule has 1 heterocycles. The highest BCUT2D eigenvalue weighted by atomic mass is 32.1. The number of nitriles is 1. The van der Waals surface area contributed by atoms with Crippen molar-refractivity contribution < 1.29 is 4.79 Å². The molecule has 0 atom stereocenters. The third kappa shape index (κ3) is 5.66. The zero-order chi connectivity index (χ0) is 20.6. The summed E-state index contributed by atoms with van der Waals surface area (Å²) >= 11 is 1.52. The number of benzene rings is 2. The van der Waals surface area contributed by atoms with Crippen molar-refractivity contribution in [3.8, 4) is 6.07 Å². The number of aryl methyl sites for hydroxylation is 1. The van der Waals surface area contributed by atoms with Crippen molar-refractivity contribution in [3.63, 3.8) is 0 Å². The van der Waals surface area contributed by atoms with Gasteiger partial charge in [-0.3, -0.25) is 4.79 Å². The molecule has 0 saturated heterocycles. The molecule has 2 aromatic carbocycles. The van der Waals surface area contributed by atoms with E-state index in [9.17, 15) is 4.79 Å². The Morgan fingerprint density at radius 3 is 2.55 bits per heavy atom. The monoisotopic (exact) mass is 404 g/mol. The topological polar surface area (TPSA) is 70.2 Å². The van der Waals surface area contributed by atoms with Crippen LogP contribution >= 0.6 is 11.3 Å². The Morgan fingerprint density at radius 1 is 1.17 bits per heavy atom. The molecule has 148 valence electrons. The largest absolute Gasteiger partial charge is 0.326 e. The number of carbonyl (C=O) groups excluding carboxylic acids is 1. The molecule has 0 fully saturated rings. The quantitative estimate of drug-likeness (QED) is 0.619. The Hall–Kier alpha value is -3.17. The predicted octanol–water partition coefficient (Wildman–Crippen LogP) is 4.71. The van der Waals surface area contributed by atoms with Crippen molar-refractivity contribution in [1.29, 1.82) is 5.26 Å². The first-order valence-corrected chi connectivity index (χ1v) is 10.5. The predicted molar refractivity (Wildman–Crippen MR) is 117 cm³/mol. The molecule has 0 bridgehead atoms. The van der Waals surface area contributed by atoms with Crippen LogP contribution in [0.1, 0.15) is 36.6 Å². The highest BCUT2D eigenvalue weighted by Crippen LogP contribution is 2.15. The van der Waals surface area contributed by atoms with Crippen molar-refractivity contribution in [1.82, 2.24) is 4.57 Å². The van der Waals surface area contributed by atoms with Crippen molar-refractivity contribution >= 4 is 28.6 Å². The fraction of sp³-hybridized carbons (Fsp3) is 0.261. The van der Waals surface area contributed by atoms with Gasteiger partial charge in [-0.25, -0.2) is 4.99 Å². The number of carbonyl (C=O) groups is 1. The standard InChI is InChI=1S/C23H24N4OS/c1-3-4-5-17-6-10-20(11-7-17)26-23-27(2)21(16-29-23)14-22(28)25-19-12-8-18(15-24)9-13-19/h6-13,16H,3-5,14H2,1-2H3,(H,25,28). The molecule has 0 radical (unpaired) electrons. The average Bonchev–Trinajstić information content (AvgIpc) is 3.07. The minimum atomic E-state index is -0.102. The summed E-state index contributed by atoms with van der Waals surface area (Å²) in [6.07, 6.45) is 3.75. The van der Waals surface area contributed by atoms with E-state index in [1.165, 1.54) is 29.7 Å². The van der Waals surface area contributed by atoms with Crippen LogP contribution in [0.15, 0.2) is 58.9 Å². The second-order valence-electron chi connectivity index (χ2n) is 6.86. The molecule has 0 aliphatic carbocycles. The summed E-state index contributed by atoms with van der Waals surface area (Å²) in [5, 5.41) is 13.7. The summed E-state index contributed by atoms with van der Waals surface area (Å²) in [4.78, 5) is 17.9. The molecule has 1 aromatic heterocycles. The van der Waals surface area contributed by atoms with Gasteiger partial charge in [-0.1, -0.05) is 25.5 Å². The summed E-state index contributed by atoms with van der Waals surface area (Å²) in [6.45, 7) is 2.20. The van der Waals surface area contributed by atoms with Gasteiger partial charge in [-0.15, -0.1) is 11.3 Å². The Bertz CT molecular complexity index is 1070. The number of anilines is 1. The molecule has 6 heteroatoms. The number of unbranched alkanes of at least 4 members (excludes halogenated alkanes) is 1. The van der Waals surface area contributed by atoms with Crippen molar-refractivity contribution in [2.24, 2.45) is 12.0 Å². The van der Waals surface area contributed by atoms with Gasteiger partial charge in [0.05, 0.1) is 23.7 Å². The summed E-state index contributed by atoms with van der Waals surface area (Å²) in [5.74, 6) is -0.102. The SMILES string of the molecule is CCCCc1ccc(N=c2scc(CC(=O)Nc3ccc(C#N)cc3)n2C)cc1. The number of hydrogen-bond donors (Lipinski definition) is 1. The number of nitrogens with zero attached hydrogens (tertiary/aromatic N) is 3. The lowest BCUT2D eigenvalue weighted by atomic mass is 10.1. The van der Waals surface area contributed by atoms with Crippen LogP contribution in [0, 0.1) is 11.3 Å². The Morgan fingerprint density at radius 2 is 1.90 bits per heavy atom. The number of nitrogens with one attached hydrogen (secondary N) is 1. The third-order valence-corrected chi connectivity index (χ3v) is 5.60. The van der Waals surface area contributed by atoms with E-state index < -0.39 is 0 Å². The third-order valence-electron chi connectivity index (χ3n) is 4.64. The maximum absolute atomic E-state index is 12.4. The summed E-state index contributed by atoms with van der Waals surface area (Å²) in [7, 11) is 1.93. The first kappa shape index (κ1) is 20.6. The molecule has 0 aliphatic rings. The fourth-order valence-corrected chi connectivity index (χ4v) is 3.81. The Kier molecular flexibility index (Phi) is 6.99. The molecular formula is C23H24N4OS. The van der Waals surface area contributed by atoms with Gasteiger partial charge in [0, 0.05) is 23.8 Å². The van der Waals surface area contributed by atoms with Crippen molar-refractivity contribution in [2.75, 3.05) is 5.32 Å². The average molecular weight is 405 g/mol. The van der Waals surface area contributed by atoms with Crippen LogP contribution in [-0.4, -0.2) is 10.5 Å². The molecule has 5 nitrogen and oxygen atoms in total. The number of rotatable bonds is 7. The van der Waals surface area contributed by atoms with E-state index in [4.69, 9.17) is 10.3 Å². The van der Waals surface area contributed by atoms with Gasteiger partial charge in [-0.2, -0.15) is 5.26 Å². The fourth-order valence-electron chi connectivity index (χ4n) is 2.89. The maximum atomic E-state index is 12.4. The zero-order valence-electron chi connectivity index (χ0n) is 16.7. The number of thiazole rings is 1. The molecule has 3 rings (SSSR count). The van der Waals surface area contributed by atoms with Gasteiger partial charge in [-0.05, 0) is 54.8 Å². The molecule has 1 N–H and O–H groups in total. The van der Waals surface area contributed by atoms with Gasteiger partial charge < -0.3 is 9.88 Å². The smallest absolute Gasteiger partial charge is 0.230 e. The highest BCUT2D eigenvalue weighted by molar-refractivity contribution is 7.07. The van der Waals surface area contributed by atoms with Crippen LogP contribution in [0.25, 0.3) is 0 Å². The van der Waals surface area contributed by atoms with E-state index >= 15 is 0 Å². The number of amides is 1. The van der Waals surface area contributed by atoms with Gasteiger partial charge in [0.2, 0.25) is 5.91 Å². The molecule has 29 heavy (non-hydrogen) atoms. The van der Waals surface area contributed by atoms with Gasteiger partial charge in [0.15, 0.2) is 4.80 Å². The van der Waals surface area contributed by atoms with Crippen LogP contribution in [0.3, 0.4) is 0 Å². The van der Waals surface area contributed by atoms with Gasteiger partial charge >= 0.3 is 0 Å². The van der Waals surface area contributed by atoms with E-state index in [0.29, 0.717) is 11.3 Å². The lowest BCUT2D eigenvalue weighted by molar-refractivity contribution is -0.115. The number of aromatic nitrogens is 1. The summed E-state index contributed by atoms with van der Waals surface area (Å²) < 4.78 is 1.95. The molecule has 3 aromatic rings. The Balaban J connectivity index is 1.67. The van der Waals surface area contributed by atoms with Gasteiger partial charge in [0.1, 0.15) is 0 Å². The van der Waals surface area contributed by atoms with E-state index in [0.717, 1.165) is 22.6 Å². The molecule has 0 saturated carbocycles. The molecule has 0 spiro atoms. The normalized spacial score (nSPS) is 11.3. The summed E-state index contributed by atoms with van der Waals surface area (Å²) in [6, 6.07) is 17.3. The zero-order valence-corrected chi connectivity index (χ0v) is 17.5. The molecule has 0 unspecified atom stereocenters. The second kappa shape index (κ2) is 9.85. The van der Waals surface area contributed by atoms with Crippen LogP contribution in [-0.2, 0) is 24.7 Å². The maximum Gasteiger partial charge on any atom is 0.230 e. The summed E-state index contributed by atoms with van der Waals surface area (Å²) in [5.41, 5.74) is 4.40. The molecule has 1 amide bonds. The van der Waals surface area contributed by atoms with E-state index in [1.54, 1.807) is 24.3 Å². The first-order chi connectivity index (χ1) is 14.1. The lowest BCUT2D eigenvalue weighted by Gasteiger charge is -2.06. The molecular weight excluding hydrogens is 380 g/mol. The molecule has 0 aliphatic heterocycles. The first-order valence-electron chi connectivity index (χ1n) is 9.66. The minimum Gasteiger partial charge on any atom is -0.326 e. The van der Waals surface area contributed by atoms with Crippen LogP contribution < -0.4 is 10.1 Å². The Labute approximate surface area is 175 Å². The minimum absolute atomic E-state index is 0.102. The lowest BCUT2D eigenvalue weighted by Crippen LogP contribution is -2.19. The van der Waals surface area contributed by atoms with Crippen LogP contribution in [0.5, 0.6) is 0 Å². The van der Waals surface area contributed by atoms with Crippen molar-refractivity contribution in [3.05, 3.63) is 75.5 Å². The van der Waals surface area contributed by atoms with E-state index in [1.807, 2.05) is 29.1 Å². The van der Waals surface area contributed by atoms with Crippen LogP contribution in [0.4, 0.5) is 11.4 Å². The van der Waals surface area contributed by atoms with Crippen LogP contribution in [0.2, 0.25) is 0 Å². The van der Waals surface area contributed by atoms with Crippen molar-refractivity contribution in [2.45, 2.75) is 32.6 Å². The highest BCUT2D eigenvalue weighted by Gasteiger charge is 2.09. The van der Waals surface area contributed by atoms with Gasteiger partial charge in [0.25, 0.3) is 0 Å². The second-order valence-corrected chi connectivity index (χ2v) is 7.70.